The minimum Gasteiger partial charge on any atom is -0.481 e. The monoisotopic (exact) mass is 472 g/mol. The van der Waals surface area contributed by atoms with Crippen LogP contribution in [0.15, 0.2) is 36.4 Å². The van der Waals surface area contributed by atoms with Crippen LogP contribution in [0, 0.1) is 5.92 Å². The maximum atomic E-state index is 10.6. The molecular weight excluding hydrogens is 439 g/mol. The van der Waals surface area contributed by atoms with Crippen molar-refractivity contribution in [1.29, 1.82) is 0 Å². The number of carboxylic acid groups (broad SMARTS) is 1. The maximum absolute atomic E-state index is 10.6. The molecule has 0 spiro atoms. The topological polar surface area (TPSA) is 57.5 Å². The first-order valence-electron chi connectivity index (χ1n) is 10.9. The van der Waals surface area contributed by atoms with Crippen LogP contribution in [0.2, 0.25) is 0 Å². The third-order valence-corrected chi connectivity index (χ3v) is 7.65. The Morgan fingerprint density at radius 2 is 1.90 bits per heavy atom. The second-order valence-electron chi connectivity index (χ2n) is 8.11. The van der Waals surface area contributed by atoms with E-state index in [0.717, 1.165) is 31.2 Å². The molecule has 0 heterocycles. The fourth-order valence-corrected chi connectivity index (χ4v) is 5.82. The summed E-state index contributed by atoms with van der Waals surface area (Å²) in [6.45, 7) is 2.19. The van der Waals surface area contributed by atoms with Crippen LogP contribution >= 0.6 is 35.0 Å². The molecule has 1 fully saturated rings. The molecule has 5 atom stereocenters. The number of hydrogen-bond donors (Lipinski definition) is 2. The van der Waals surface area contributed by atoms with E-state index in [0.29, 0.717) is 5.75 Å². The highest BCUT2D eigenvalue weighted by molar-refractivity contribution is 8.00. The fourth-order valence-electron chi connectivity index (χ4n) is 4.19. The van der Waals surface area contributed by atoms with E-state index in [1.807, 2.05) is 18.2 Å². The van der Waals surface area contributed by atoms with Gasteiger partial charge in [0.1, 0.15) is 0 Å². The van der Waals surface area contributed by atoms with Crippen molar-refractivity contribution in [1.82, 2.24) is 0 Å². The molecule has 0 radical (unpaired) electrons. The molecule has 1 aliphatic carbocycles. The summed E-state index contributed by atoms with van der Waals surface area (Å²) < 4.78 is 0. The van der Waals surface area contributed by atoms with Gasteiger partial charge in [0.2, 0.25) is 0 Å². The molecule has 5 unspecified atom stereocenters. The van der Waals surface area contributed by atoms with Crippen LogP contribution in [0.1, 0.15) is 75.0 Å². The standard InChI is InChI=1S/C24H34Cl2O3S/c1-2-3-4-5-9-22(27)17-10-12-18(13-11-17)24-19(20(25)15-21(24)26)8-6-7-14-30-16-23(28)29/h6-7,10-13,19-22,24,27H,2-5,8-9,14-16H2,1H3,(H,28,29)/b7-6-. The van der Waals surface area contributed by atoms with Crippen molar-refractivity contribution in [3.05, 3.63) is 47.5 Å². The van der Waals surface area contributed by atoms with Gasteiger partial charge in [-0.1, -0.05) is 69.0 Å². The van der Waals surface area contributed by atoms with Gasteiger partial charge in [0.05, 0.1) is 11.9 Å². The molecule has 1 aromatic carbocycles. The minimum atomic E-state index is -0.787. The highest BCUT2D eigenvalue weighted by atomic mass is 35.5. The molecule has 1 aliphatic rings. The summed E-state index contributed by atoms with van der Waals surface area (Å²) in [4.78, 5) is 10.6. The van der Waals surface area contributed by atoms with Crippen LogP contribution in [0.3, 0.4) is 0 Å². The second-order valence-corrected chi connectivity index (χ2v) is 10.3. The van der Waals surface area contributed by atoms with E-state index < -0.39 is 12.1 Å². The number of carboxylic acids is 1. The molecule has 0 amide bonds. The number of allylic oxidation sites excluding steroid dienone is 1. The summed E-state index contributed by atoms with van der Waals surface area (Å²) in [6.07, 6.45) is 10.8. The third-order valence-electron chi connectivity index (χ3n) is 5.82. The fraction of sp³-hybridized carbons (Fsp3) is 0.625. The van der Waals surface area contributed by atoms with E-state index in [1.165, 1.54) is 36.6 Å². The quantitative estimate of drug-likeness (QED) is 0.189. The Hall–Kier alpha value is -0.680. The van der Waals surface area contributed by atoms with Crippen molar-refractivity contribution in [3.8, 4) is 0 Å². The number of aliphatic hydroxyl groups excluding tert-OH is 1. The summed E-state index contributed by atoms with van der Waals surface area (Å²) in [5.41, 5.74) is 2.15. The summed E-state index contributed by atoms with van der Waals surface area (Å²) >= 11 is 14.7. The Morgan fingerprint density at radius 3 is 2.57 bits per heavy atom. The zero-order valence-electron chi connectivity index (χ0n) is 17.7. The van der Waals surface area contributed by atoms with Crippen LogP contribution in [-0.2, 0) is 4.79 Å². The Bertz CT molecular complexity index is 665. The molecular formula is C24H34Cl2O3S. The minimum absolute atomic E-state index is 0.00268. The predicted octanol–water partition coefficient (Wildman–Crippen LogP) is 6.77. The number of aliphatic hydroxyl groups is 1. The highest BCUT2D eigenvalue weighted by Crippen LogP contribution is 2.47. The Morgan fingerprint density at radius 1 is 1.17 bits per heavy atom. The third kappa shape index (κ3) is 8.11. The first-order valence-corrected chi connectivity index (χ1v) is 13.0. The number of halogens is 2. The van der Waals surface area contributed by atoms with E-state index >= 15 is 0 Å². The molecule has 2 rings (SSSR count). The lowest BCUT2D eigenvalue weighted by Crippen LogP contribution is -2.16. The molecule has 1 saturated carbocycles. The number of thioether (sulfide) groups is 1. The van der Waals surface area contributed by atoms with Crippen molar-refractivity contribution in [2.24, 2.45) is 5.92 Å². The van der Waals surface area contributed by atoms with E-state index in [-0.39, 0.29) is 28.3 Å². The number of benzene rings is 1. The molecule has 2 N–H and O–H groups in total. The number of carbonyl (C=O) groups is 1. The number of hydrogen-bond acceptors (Lipinski definition) is 3. The number of unbranched alkanes of at least 4 members (excludes halogenated alkanes) is 3. The Labute approximate surface area is 195 Å². The lowest BCUT2D eigenvalue weighted by Gasteiger charge is -2.23. The van der Waals surface area contributed by atoms with Crippen LogP contribution in [0.25, 0.3) is 0 Å². The molecule has 0 bridgehead atoms. The van der Waals surface area contributed by atoms with Gasteiger partial charge in [-0.25, -0.2) is 0 Å². The zero-order chi connectivity index (χ0) is 21.9. The Balaban J connectivity index is 1.94. The van der Waals surface area contributed by atoms with Gasteiger partial charge >= 0.3 is 5.97 Å². The number of alkyl halides is 2. The molecule has 3 nitrogen and oxygen atoms in total. The molecule has 168 valence electrons. The average Bonchev–Trinajstić information content (AvgIpc) is 3.00. The largest absolute Gasteiger partial charge is 0.481 e. The second kappa shape index (κ2) is 13.7. The van der Waals surface area contributed by atoms with Crippen LogP contribution < -0.4 is 0 Å². The molecule has 30 heavy (non-hydrogen) atoms. The predicted molar refractivity (Wildman–Crippen MR) is 129 cm³/mol. The molecule has 0 saturated heterocycles. The van der Waals surface area contributed by atoms with E-state index in [4.69, 9.17) is 28.3 Å². The van der Waals surface area contributed by atoms with E-state index in [2.05, 4.69) is 25.1 Å². The van der Waals surface area contributed by atoms with Crippen LogP contribution in [0.4, 0.5) is 0 Å². The lowest BCUT2D eigenvalue weighted by molar-refractivity contribution is -0.133. The van der Waals surface area contributed by atoms with Crippen molar-refractivity contribution >= 4 is 40.9 Å². The first-order chi connectivity index (χ1) is 14.4. The van der Waals surface area contributed by atoms with Gasteiger partial charge < -0.3 is 10.2 Å². The van der Waals surface area contributed by atoms with Gasteiger partial charge in [-0.2, -0.15) is 0 Å². The Kier molecular flexibility index (Phi) is 11.7. The van der Waals surface area contributed by atoms with Gasteiger partial charge in [-0.15, -0.1) is 35.0 Å². The first kappa shape index (κ1) is 25.6. The lowest BCUT2D eigenvalue weighted by atomic mass is 9.85. The number of rotatable bonds is 13. The highest BCUT2D eigenvalue weighted by Gasteiger charge is 2.41. The summed E-state index contributed by atoms with van der Waals surface area (Å²) in [5, 5.41) is 19.2. The summed E-state index contributed by atoms with van der Waals surface area (Å²) in [5.74, 6) is 0.450. The molecule has 1 aromatic rings. The van der Waals surface area contributed by atoms with Gasteiger partial charge in [0, 0.05) is 22.4 Å². The smallest absolute Gasteiger partial charge is 0.313 e. The normalized spacial score (nSPS) is 25.1. The van der Waals surface area contributed by atoms with Gasteiger partial charge in [-0.3, -0.25) is 4.79 Å². The van der Waals surface area contributed by atoms with Crippen LogP contribution in [0.5, 0.6) is 0 Å². The SMILES string of the molecule is CCCCCCC(O)c1ccc(C2C(Cl)CC(Cl)C2C/C=C\CSCC(=O)O)cc1. The maximum Gasteiger partial charge on any atom is 0.313 e. The van der Waals surface area contributed by atoms with Crippen molar-refractivity contribution in [2.75, 3.05) is 11.5 Å². The van der Waals surface area contributed by atoms with Gasteiger partial charge in [-0.05, 0) is 36.3 Å². The molecule has 0 aliphatic heterocycles. The molecule has 6 heteroatoms. The van der Waals surface area contributed by atoms with Crippen molar-refractivity contribution < 1.29 is 15.0 Å². The van der Waals surface area contributed by atoms with E-state index in [1.54, 1.807) is 0 Å². The number of aliphatic carboxylic acids is 1. The van der Waals surface area contributed by atoms with Gasteiger partial charge in [0.25, 0.3) is 0 Å². The summed E-state index contributed by atoms with van der Waals surface area (Å²) in [6, 6.07) is 8.25. The average molecular weight is 474 g/mol. The molecule has 0 aromatic heterocycles. The van der Waals surface area contributed by atoms with Gasteiger partial charge in [0.15, 0.2) is 0 Å². The van der Waals surface area contributed by atoms with Crippen molar-refractivity contribution in [3.63, 3.8) is 0 Å². The van der Waals surface area contributed by atoms with Crippen LogP contribution in [-0.4, -0.2) is 38.4 Å². The zero-order valence-corrected chi connectivity index (χ0v) is 20.0. The van der Waals surface area contributed by atoms with E-state index in [9.17, 15) is 9.90 Å². The van der Waals surface area contributed by atoms with Crippen molar-refractivity contribution in [2.45, 2.75) is 74.6 Å². The summed E-state index contributed by atoms with van der Waals surface area (Å²) in [7, 11) is 0.